The lowest BCUT2D eigenvalue weighted by atomic mass is 10.0. The Kier molecular flexibility index (Phi) is 5.10. The van der Waals surface area contributed by atoms with E-state index in [2.05, 4.69) is 29.7 Å². The van der Waals surface area contributed by atoms with Crippen molar-refractivity contribution in [3.63, 3.8) is 0 Å². The van der Waals surface area contributed by atoms with Crippen LogP contribution in [0.15, 0.2) is 42.7 Å². The largest absolute Gasteiger partial charge is 0.360 e. The Morgan fingerprint density at radius 1 is 1.16 bits per heavy atom. The molecule has 0 aliphatic rings. The molecule has 5 nitrogen and oxygen atoms in total. The Labute approximate surface area is 148 Å². The van der Waals surface area contributed by atoms with Crippen LogP contribution in [0, 0.1) is 0 Å². The van der Waals surface area contributed by atoms with Crippen LogP contribution in [0.4, 0.5) is 0 Å². The number of nitrogens with zero attached hydrogens (tertiary/aromatic N) is 3. The van der Waals surface area contributed by atoms with Crippen LogP contribution in [0.2, 0.25) is 25.7 Å². The van der Waals surface area contributed by atoms with Crippen molar-refractivity contribution >= 4 is 25.3 Å². The summed E-state index contributed by atoms with van der Waals surface area (Å²) in [5, 5.41) is 5.31. The van der Waals surface area contributed by atoms with Crippen LogP contribution >= 0.6 is 0 Å². The van der Waals surface area contributed by atoms with Crippen molar-refractivity contribution in [3.05, 3.63) is 48.4 Å². The number of carbonyl (C=O) groups excluding carboxylic acids is 1. The molecule has 3 rings (SSSR count). The molecule has 0 atom stereocenters. The molecule has 3 aromatic rings. The van der Waals surface area contributed by atoms with Gasteiger partial charge in [0.2, 0.25) is 0 Å². The number of pyridine rings is 1. The summed E-state index contributed by atoms with van der Waals surface area (Å²) in [5.74, 6) is 0. The monoisotopic (exact) mass is 353 g/mol. The maximum absolute atomic E-state index is 11.6. The number of hydrogen-bond donors (Lipinski definition) is 0. The first-order valence-electron chi connectivity index (χ1n) is 8.42. The molecule has 130 valence electrons. The van der Waals surface area contributed by atoms with E-state index >= 15 is 0 Å². The van der Waals surface area contributed by atoms with E-state index in [-0.39, 0.29) is 0 Å². The SMILES string of the molecule is C[Si](C)(C)CCOCn1nc(C=O)c2c(-c3ccncc3)cccc21. The number of carbonyl (C=O) groups is 1. The van der Waals surface area contributed by atoms with Gasteiger partial charge in [0.15, 0.2) is 6.29 Å². The topological polar surface area (TPSA) is 57.0 Å². The van der Waals surface area contributed by atoms with Gasteiger partial charge in [-0.05, 0) is 35.4 Å². The lowest BCUT2D eigenvalue weighted by Crippen LogP contribution is -2.22. The predicted molar refractivity (Wildman–Crippen MR) is 102 cm³/mol. The van der Waals surface area contributed by atoms with Crippen LogP contribution in [0.5, 0.6) is 0 Å². The zero-order valence-corrected chi connectivity index (χ0v) is 15.9. The van der Waals surface area contributed by atoms with Gasteiger partial charge in [0.1, 0.15) is 12.4 Å². The summed E-state index contributed by atoms with van der Waals surface area (Å²) in [5.41, 5.74) is 3.35. The molecule has 0 saturated carbocycles. The first kappa shape index (κ1) is 17.5. The number of aldehydes is 1. The fourth-order valence-electron chi connectivity index (χ4n) is 2.74. The second-order valence-electron chi connectivity index (χ2n) is 7.29. The molecule has 0 N–H and O–H groups in total. The summed E-state index contributed by atoms with van der Waals surface area (Å²) < 4.78 is 7.59. The highest BCUT2D eigenvalue weighted by atomic mass is 28.3. The van der Waals surface area contributed by atoms with Gasteiger partial charge >= 0.3 is 0 Å². The van der Waals surface area contributed by atoms with Crippen molar-refractivity contribution in [2.45, 2.75) is 32.4 Å². The maximum atomic E-state index is 11.6. The van der Waals surface area contributed by atoms with E-state index < -0.39 is 8.07 Å². The first-order chi connectivity index (χ1) is 12.0. The molecule has 2 heterocycles. The van der Waals surface area contributed by atoms with Crippen molar-refractivity contribution in [3.8, 4) is 11.1 Å². The third kappa shape index (κ3) is 4.03. The van der Waals surface area contributed by atoms with Crippen molar-refractivity contribution in [2.24, 2.45) is 0 Å². The molecule has 0 bridgehead atoms. The minimum Gasteiger partial charge on any atom is -0.360 e. The summed E-state index contributed by atoms with van der Waals surface area (Å²) in [7, 11) is -1.12. The zero-order chi connectivity index (χ0) is 17.9. The summed E-state index contributed by atoms with van der Waals surface area (Å²) in [6, 6.07) is 10.9. The van der Waals surface area contributed by atoms with Crippen molar-refractivity contribution in [2.75, 3.05) is 6.61 Å². The fraction of sp³-hybridized carbons (Fsp3) is 0.316. The Balaban J connectivity index is 1.93. The van der Waals surface area contributed by atoms with Crippen molar-refractivity contribution in [1.82, 2.24) is 14.8 Å². The molecule has 0 fully saturated rings. The highest BCUT2D eigenvalue weighted by Crippen LogP contribution is 2.30. The molecule has 0 spiro atoms. The van der Waals surface area contributed by atoms with Crippen LogP contribution in [-0.2, 0) is 11.5 Å². The van der Waals surface area contributed by atoms with Gasteiger partial charge in [-0.2, -0.15) is 5.10 Å². The third-order valence-electron chi connectivity index (χ3n) is 4.12. The van der Waals surface area contributed by atoms with E-state index in [1.54, 1.807) is 17.1 Å². The second-order valence-corrected chi connectivity index (χ2v) is 12.9. The van der Waals surface area contributed by atoms with Crippen LogP contribution in [0.3, 0.4) is 0 Å². The molecular weight excluding hydrogens is 330 g/mol. The van der Waals surface area contributed by atoms with E-state index in [1.165, 1.54) is 0 Å². The fourth-order valence-corrected chi connectivity index (χ4v) is 3.50. The highest BCUT2D eigenvalue weighted by molar-refractivity contribution is 6.76. The average Bonchev–Trinajstić information content (AvgIpc) is 2.97. The molecule has 0 unspecified atom stereocenters. The Hall–Kier alpha value is -2.31. The number of rotatable bonds is 7. The molecule has 0 saturated heterocycles. The summed E-state index contributed by atoms with van der Waals surface area (Å²) in [6.07, 6.45) is 4.31. The van der Waals surface area contributed by atoms with E-state index in [4.69, 9.17) is 4.74 Å². The van der Waals surface area contributed by atoms with Gasteiger partial charge in [-0.25, -0.2) is 4.68 Å². The number of fused-ring (bicyclic) bond motifs is 1. The van der Waals surface area contributed by atoms with Crippen LogP contribution in [0.25, 0.3) is 22.0 Å². The van der Waals surface area contributed by atoms with E-state index in [0.717, 1.165) is 41.0 Å². The minimum absolute atomic E-state index is 0.356. The van der Waals surface area contributed by atoms with Gasteiger partial charge in [-0.1, -0.05) is 31.8 Å². The maximum Gasteiger partial charge on any atom is 0.170 e. The second kappa shape index (κ2) is 7.29. The number of benzene rings is 1. The lowest BCUT2D eigenvalue weighted by molar-refractivity contribution is 0.0812. The molecule has 0 radical (unpaired) electrons. The van der Waals surface area contributed by atoms with E-state index in [1.807, 2.05) is 30.3 Å². The molecule has 0 aliphatic heterocycles. The van der Waals surface area contributed by atoms with E-state index in [0.29, 0.717) is 12.4 Å². The summed E-state index contributed by atoms with van der Waals surface area (Å²) in [6.45, 7) is 8.05. The molecule has 2 aromatic heterocycles. The summed E-state index contributed by atoms with van der Waals surface area (Å²) >= 11 is 0. The van der Waals surface area contributed by atoms with Gasteiger partial charge in [-0.3, -0.25) is 9.78 Å². The van der Waals surface area contributed by atoms with Crippen LogP contribution in [0.1, 0.15) is 10.5 Å². The van der Waals surface area contributed by atoms with Gasteiger partial charge < -0.3 is 4.74 Å². The van der Waals surface area contributed by atoms with Gasteiger partial charge in [-0.15, -0.1) is 0 Å². The lowest BCUT2D eigenvalue weighted by Gasteiger charge is -2.15. The minimum atomic E-state index is -1.12. The number of aromatic nitrogens is 3. The third-order valence-corrected chi connectivity index (χ3v) is 5.82. The van der Waals surface area contributed by atoms with Gasteiger partial charge in [0, 0.05) is 32.5 Å². The van der Waals surface area contributed by atoms with Crippen LogP contribution in [-0.4, -0.2) is 35.7 Å². The Morgan fingerprint density at radius 3 is 2.60 bits per heavy atom. The number of ether oxygens (including phenoxy) is 1. The molecule has 0 amide bonds. The first-order valence-corrected chi connectivity index (χ1v) is 12.1. The van der Waals surface area contributed by atoms with E-state index in [9.17, 15) is 4.79 Å². The summed E-state index contributed by atoms with van der Waals surface area (Å²) in [4.78, 5) is 15.6. The van der Waals surface area contributed by atoms with Crippen molar-refractivity contribution in [1.29, 1.82) is 0 Å². The quantitative estimate of drug-likeness (QED) is 0.362. The smallest absolute Gasteiger partial charge is 0.170 e. The average molecular weight is 353 g/mol. The van der Waals surface area contributed by atoms with Crippen LogP contribution < -0.4 is 0 Å². The highest BCUT2D eigenvalue weighted by Gasteiger charge is 2.16. The zero-order valence-electron chi connectivity index (χ0n) is 14.9. The number of hydrogen-bond acceptors (Lipinski definition) is 4. The predicted octanol–water partition coefficient (Wildman–Crippen LogP) is 4.22. The van der Waals surface area contributed by atoms with Gasteiger partial charge in [0.05, 0.1) is 5.52 Å². The molecule has 0 aliphatic carbocycles. The molecular formula is C19H23N3O2Si. The van der Waals surface area contributed by atoms with Gasteiger partial charge in [0.25, 0.3) is 0 Å². The molecule has 25 heavy (non-hydrogen) atoms. The van der Waals surface area contributed by atoms with Crippen molar-refractivity contribution < 1.29 is 9.53 Å². The molecule has 1 aromatic carbocycles. The Bertz CT molecular complexity index is 870. The Morgan fingerprint density at radius 2 is 1.92 bits per heavy atom. The normalized spacial score (nSPS) is 11.8. The standard InChI is InChI=1S/C19H23N3O2Si/c1-25(2,3)12-11-24-14-22-18-6-4-5-16(15-7-9-20-10-8-15)19(18)17(13-23)21-22/h4-10,13H,11-12,14H2,1-3H3. The molecule has 6 heteroatoms.